The summed E-state index contributed by atoms with van der Waals surface area (Å²) in [6.45, 7) is 3.61. The van der Waals surface area contributed by atoms with Gasteiger partial charge in [0.2, 0.25) is 0 Å². The zero-order valence-corrected chi connectivity index (χ0v) is 22.3. The Kier molecular flexibility index (Phi) is 10.6. The van der Waals surface area contributed by atoms with Crippen LogP contribution in [0.2, 0.25) is 0 Å². The monoisotopic (exact) mass is 503 g/mol. The van der Waals surface area contributed by atoms with Crippen molar-refractivity contribution in [3.8, 4) is 9.75 Å². The molecule has 0 unspecified atom stereocenters. The second-order valence-electron chi connectivity index (χ2n) is 9.78. The van der Waals surface area contributed by atoms with Gasteiger partial charge < -0.3 is 4.48 Å². The predicted molar refractivity (Wildman–Crippen MR) is 123 cm³/mol. The average molecular weight is 504 g/mol. The van der Waals surface area contributed by atoms with Crippen molar-refractivity contribution in [2.45, 2.75) is 76.5 Å². The molecule has 32 heavy (non-hydrogen) atoms. The Morgan fingerprint density at radius 1 is 0.750 bits per heavy atom. The number of nitrogens with zero attached hydrogens (tertiary/aromatic N) is 1. The lowest BCUT2D eigenvalue weighted by atomic mass is 9.71. The summed E-state index contributed by atoms with van der Waals surface area (Å²) in [5.41, 5.74) is 3.65. The quantitative estimate of drug-likeness (QED) is 0.329. The number of quaternary nitrogens is 1. The van der Waals surface area contributed by atoms with Gasteiger partial charge in [-0.1, -0.05) is 45.4 Å². The summed E-state index contributed by atoms with van der Waals surface area (Å²) in [6, 6.07) is 4.90. The average Bonchev–Trinajstić information content (AvgIpc) is 3.36. The van der Waals surface area contributed by atoms with Gasteiger partial charge in [0.15, 0.2) is 0 Å². The van der Waals surface area contributed by atoms with Crippen LogP contribution >= 0.6 is 22.7 Å². The van der Waals surface area contributed by atoms with Crippen molar-refractivity contribution in [2.24, 2.45) is 0 Å². The van der Waals surface area contributed by atoms with Crippen LogP contribution in [0.1, 0.15) is 82.3 Å². The minimum absolute atomic E-state index is 0.318. The number of hydrogen-bond acceptors (Lipinski definition) is 6. The minimum Gasteiger partial charge on any atom is -0.331 e. The fourth-order valence-electron chi connectivity index (χ4n) is 4.75. The summed E-state index contributed by atoms with van der Waals surface area (Å²) in [7, 11) is 1.97. The van der Waals surface area contributed by atoms with Crippen molar-refractivity contribution < 1.29 is 33.4 Å². The van der Waals surface area contributed by atoms with Crippen molar-refractivity contribution in [1.29, 1.82) is 0 Å². The lowest BCUT2D eigenvalue weighted by Gasteiger charge is -2.31. The Morgan fingerprint density at radius 2 is 1.19 bits per heavy atom. The summed E-state index contributed by atoms with van der Waals surface area (Å²) >= 11 is 3.93. The number of unbranched alkanes of at least 4 members (excludes halogenated alkanes) is 6. The molecule has 0 bridgehead atoms. The van der Waals surface area contributed by atoms with Gasteiger partial charge in [0.05, 0.1) is 27.7 Å². The molecular weight excluding hydrogens is 466 g/mol. The van der Waals surface area contributed by atoms with E-state index in [0.717, 1.165) is 4.48 Å². The van der Waals surface area contributed by atoms with Gasteiger partial charge in [0, 0.05) is 15.2 Å². The Labute approximate surface area is 203 Å². The summed E-state index contributed by atoms with van der Waals surface area (Å²) in [5.74, 6) is 0. The highest BCUT2D eigenvalue weighted by atomic mass is 35.7. The first kappa shape index (κ1) is 27.7. The van der Waals surface area contributed by atoms with Crippen LogP contribution in [-0.4, -0.2) is 32.2 Å². The third-order valence-corrected chi connectivity index (χ3v) is 8.20. The van der Waals surface area contributed by atoms with Gasteiger partial charge in [-0.3, -0.25) is 0 Å². The highest BCUT2D eigenvalue weighted by molar-refractivity contribution is 7.21. The SMILES string of the molecule is CCCCCCC1(CCCCCC[N+](C)(C)C)c2ccsc2-c2sccc21.[O-][Cl+3]([O-])([O-])[O-]. The fraction of sp³-hybridized carbons (Fsp3) is 0.667. The molecule has 0 N–H and O–H groups in total. The van der Waals surface area contributed by atoms with Crippen LogP contribution in [-0.2, 0) is 5.41 Å². The zero-order valence-electron chi connectivity index (χ0n) is 19.9. The maximum atomic E-state index is 8.49. The van der Waals surface area contributed by atoms with Gasteiger partial charge in [-0.2, -0.15) is 0 Å². The van der Waals surface area contributed by atoms with E-state index in [2.05, 4.69) is 51.0 Å². The van der Waals surface area contributed by atoms with Crippen LogP contribution in [0.3, 0.4) is 0 Å². The number of fused-ring (bicyclic) bond motifs is 3. The molecule has 2 aromatic rings. The zero-order chi connectivity index (χ0) is 23.8. The first-order chi connectivity index (χ1) is 15.0. The summed E-state index contributed by atoms with van der Waals surface area (Å²) in [6.07, 6.45) is 13.7. The van der Waals surface area contributed by atoms with E-state index in [4.69, 9.17) is 18.6 Å². The van der Waals surface area contributed by atoms with Gasteiger partial charge in [-0.15, -0.1) is 32.9 Å². The van der Waals surface area contributed by atoms with Crippen molar-refractivity contribution in [3.63, 3.8) is 0 Å². The van der Waals surface area contributed by atoms with E-state index in [-0.39, 0.29) is 0 Å². The van der Waals surface area contributed by atoms with Crippen molar-refractivity contribution in [3.05, 3.63) is 34.0 Å². The molecule has 0 radical (unpaired) electrons. The molecule has 182 valence electrons. The molecule has 3 rings (SSSR count). The molecule has 2 heterocycles. The minimum atomic E-state index is -4.94. The number of rotatable bonds is 12. The molecule has 1 aliphatic carbocycles. The molecule has 0 aromatic carbocycles. The molecule has 2 aromatic heterocycles. The Balaban J connectivity index is 0.000000654. The first-order valence-electron chi connectivity index (χ1n) is 11.6. The highest BCUT2D eigenvalue weighted by Crippen LogP contribution is 2.57. The van der Waals surface area contributed by atoms with Gasteiger partial charge in [0.1, 0.15) is 0 Å². The van der Waals surface area contributed by atoms with E-state index < -0.39 is 10.2 Å². The normalized spacial score (nSPS) is 14.6. The molecule has 5 nitrogen and oxygen atoms in total. The third-order valence-electron chi connectivity index (χ3n) is 6.21. The van der Waals surface area contributed by atoms with Crippen LogP contribution in [0.15, 0.2) is 22.9 Å². The van der Waals surface area contributed by atoms with E-state index in [1.54, 1.807) is 20.9 Å². The van der Waals surface area contributed by atoms with E-state index in [0.29, 0.717) is 5.41 Å². The highest BCUT2D eigenvalue weighted by Gasteiger charge is 2.43. The standard InChI is InChI=1S/C24H38NS2.ClHO4/c1-5-6-7-10-15-24(16-11-8-9-12-17-25(2,3)4)20-13-18-26-22(20)23-21(24)14-19-27-23;2-1(3,4)5/h13-14,18-19H,5-12,15-17H2,1-4H3;(H,2,3,4,5)/q+1;/p-1. The van der Waals surface area contributed by atoms with Gasteiger partial charge in [0.25, 0.3) is 0 Å². The molecular formula is C24H38ClNO4S2. The first-order valence-corrected chi connectivity index (χ1v) is 14.6. The Hall–Kier alpha value is -0.510. The number of hydrogen-bond donors (Lipinski definition) is 0. The predicted octanol–water partition coefficient (Wildman–Crippen LogP) is 2.95. The lowest BCUT2D eigenvalue weighted by molar-refractivity contribution is -2.00. The van der Waals surface area contributed by atoms with Crippen LogP contribution in [0, 0.1) is 10.2 Å². The van der Waals surface area contributed by atoms with Crippen molar-refractivity contribution in [1.82, 2.24) is 0 Å². The number of halogens is 1. The Bertz CT molecular complexity index is 761. The molecule has 0 amide bonds. The van der Waals surface area contributed by atoms with Gasteiger partial charge in [-0.05, 0) is 59.7 Å². The Morgan fingerprint density at radius 3 is 1.62 bits per heavy atom. The van der Waals surface area contributed by atoms with Gasteiger partial charge >= 0.3 is 0 Å². The topological polar surface area (TPSA) is 92.2 Å². The summed E-state index contributed by atoms with van der Waals surface area (Å²) < 4.78 is 35.1. The second-order valence-corrected chi connectivity index (χ2v) is 12.4. The number of thiophene rings is 2. The van der Waals surface area contributed by atoms with Crippen molar-refractivity contribution >= 4 is 22.7 Å². The molecule has 0 saturated heterocycles. The lowest BCUT2D eigenvalue weighted by Crippen LogP contribution is -2.68. The van der Waals surface area contributed by atoms with Gasteiger partial charge in [-0.25, -0.2) is 18.6 Å². The second kappa shape index (κ2) is 12.3. The van der Waals surface area contributed by atoms with Crippen molar-refractivity contribution in [2.75, 3.05) is 27.7 Å². The maximum absolute atomic E-state index is 8.49. The summed E-state index contributed by atoms with van der Waals surface area (Å²) in [4.78, 5) is 3.17. The largest absolute Gasteiger partial charge is 0.331 e. The van der Waals surface area contributed by atoms with E-state index >= 15 is 0 Å². The molecule has 0 atom stereocenters. The molecule has 1 aliphatic rings. The third kappa shape index (κ3) is 8.37. The fourth-order valence-corrected chi connectivity index (χ4v) is 6.94. The van der Waals surface area contributed by atoms with Crippen LogP contribution < -0.4 is 18.6 Å². The maximum Gasteiger partial charge on any atom is 0.0780 e. The molecule has 0 aliphatic heterocycles. The van der Waals surface area contributed by atoms with Crippen LogP contribution in [0.4, 0.5) is 0 Å². The molecule has 8 heteroatoms. The van der Waals surface area contributed by atoms with E-state index in [9.17, 15) is 0 Å². The van der Waals surface area contributed by atoms with E-state index in [1.165, 1.54) is 70.8 Å². The molecule has 0 fully saturated rings. The van der Waals surface area contributed by atoms with E-state index in [1.807, 2.05) is 22.7 Å². The molecule has 0 saturated carbocycles. The summed E-state index contributed by atoms with van der Waals surface area (Å²) in [5, 5.41) is 4.66. The van der Waals surface area contributed by atoms with Crippen LogP contribution in [0.25, 0.3) is 9.75 Å². The smallest absolute Gasteiger partial charge is 0.0780 e. The van der Waals surface area contributed by atoms with Crippen LogP contribution in [0.5, 0.6) is 0 Å². The molecule has 0 spiro atoms.